The molecule has 156 valence electrons. The first-order valence-corrected chi connectivity index (χ1v) is 11.3. The summed E-state index contributed by atoms with van der Waals surface area (Å²) in [5, 5.41) is 2.97. The summed E-state index contributed by atoms with van der Waals surface area (Å²) in [7, 11) is 2.16. The third-order valence-corrected chi connectivity index (χ3v) is 6.90. The summed E-state index contributed by atoms with van der Waals surface area (Å²) in [6, 6.07) is 10.1. The Morgan fingerprint density at radius 3 is 2.63 bits per heavy atom. The molecule has 7 nitrogen and oxygen atoms in total. The predicted molar refractivity (Wildman–Crippen MR) is 120 cm³/mol. The van der Waals surface area contributed by atoms with Crippen molar-refractivity contribution in [3.63, 3.8) is 0 Å². The van der Waals surface area contributed by atoms with Crippen LogP contribution in [0.25, 0.3) is 15.9 Å². The second-order valence-electron chi connectivity index (χ2n) is 8.15. The van der Waals surface area contributed by atoms with Crippen molar-refractivity contribution in [2.75, 3.05) is 38.1 Å². The maximum absolute atomic E-state index is 13.1. The van der Waals surface area contributed by atoms with Gasteiger partial charge in [-0.05, 0) is 63.2 Å². The van der Waals surface area contributed by atoms with Crippen LogP contribution in [-0.2, 0) is 0 Å². The van der Waals surface area contributed by atoms with Crippen molar-refractivity contribution in [3.05, 3.63) is 51.9 Å². The van der Waals surface area contributed by atoms with Gasteiger partial charge in [-0.1, -0.05) is 0 Å². The highest BCUT2D eigenvalue weighted by Crippen LogP contribution is 2.25. The topological polar surface area (TPSA) is 70.5 Å². The molecule has 1 N–H and O–H groups in total. The summed E-state index contributed by atoms with van der Waals surface area (Å²) in [4.78, 5) is 35.1. The summed E-state index contributed by atoms with van der Waals surface area (Å²) in [5.41, 5.74) is 2.39. The summed E-state index contributed by atoms with van der Waals surface area (Å²) in [6.07, 6.45) is 4.76. The van der Waals surface area contributed by atoms with Crippen LogP contribution >= 0.6 is 11.3 Å². The SMILES string of the molecule is CN1CCCN(c2ccc(-n3cnc4cc(C(=O)NC5CC5)sc4c3=O)cc2)CC1. The molecule has 1 aliphatic carbocycles. The Hall–Kier alpha value is -2.71. The number of benzene rings is 1. The van der Waals surface area contributed by atoms with Gasteiger partial charge >= 0.3 is 0 Å². The number of thiophene rings is 1. The largest absolute Gasteiger partial charge is 0.370 e. The molecule has 0 spiro atoms. The number of carbonyl (C=O) groups is 1. The smallest absolute Gasteiger partial charge is 0.275 e. The average Bonchev–Trinajstić information content (AvgIpc) is 3.49. The number of aromatic nitrogens is 2. The number of amides is 1. The van der Waals surface area contributed by atoms with Gasteiger partial charge in [-0.3, -0.25) is 14.2 Å². The van der Waals surface area contributed by atoms with Gasteiger partial charge in [-0.2, -0.15) is 0 Å². The van der Waals surface area contributed by atoms with E-state index in [2.05, 4.69) is 39.3 Å². The average molecular weight is 424 g/mol. The van der Waals surface area contributed by atoms with E-state index in [4.69, 9.17) is 0 Å². The van der Waals surface area contributed by atoms with Crippen molar-refractivity contribution >= 4 is 33.1 Å². The molecule has 30 heavy (non-hydrogen) atoms. The lowest BCUT2D eigenvalue weighted by atomic mass is 10.2. The fourth-order valence-corrected chi connectivity index (χ4v) is 4.77. The minimum absolute atomic E-state index is 0.112. The van der Waals surface area contributed by atoms with Crippen LogP contribution in [0.15, 0.2) is 41.5 Å². The van der Waals surface area contributed by atoms with E-state index in [0.29, 0.717) is 15.1 Å². The van der Waals surface area contributed by atoms with Crippen molar-refractivity contribution < 1.29 is 4.79 Å². The van der Waals surface area contributed by atoms with Gasteiger partial charge in [-0.15, -0.1) is 11.3 Å². The van der Waals surface area contributed by atoms with Crippen LogP contribution in [0.5, 0.6) is 0 Å². The highest BCUT2D eigenvalue weighted by Gasteiger charge is 2.25. The number of likely N-dealkylation sites (N-methyl/N-ethyl adjacent to an activating group) is 1. The van der Waals surface area contributed by atoms with Crippen molar-refractivity contribution in [2.45, 2.75) is 25.3 Å². The predicted octanol–water partition coefficient (Wildman–Crippen LogP) is 2.48. The number of nitrogens with zero attached hydrogens (tertiary/aromatic N) is 4. The summed E-state index contributed by atoms with van der Waals surface area (Å²) >= 11 is 1.22. The third-order valence-electron chi connectivity index (χ3n) is 5.79. The van der Waals surface area contributed by atoms with E-state index in [9.17, 15) is 9.59 Å². The zero-order valence-electron chi connectivity index (χ0n) is 17.0. The molecule has 1 aromatic carbocycles. The van der Waals surface area contributed by atoms with Crippen LogP contribution in [-0.4, -0.2) is 59.6 Å². The lowest BCUT2D eigenvalue weighted by Crippen LogP contribution is -2.28. The van der Waals surface area contributed by atoms with Crippen LogP contribution in [0.1, 0.15) is 28.9 Å². The monoisotopic (exact) mass is 423 g/mol. The van der Waals surface area contributed by atoms with Gasteiger partial charge in [0.25, 0.3) is 11.5 Å². The number of fused-ring (bicyclic) bond motifs is 1. The lowest BCUT2D eigenvalue weighted by molar-refractivity contribution is 0.0955. The van der Waals surface area contributed by atoms with E-state index < -0.39 is 0 Å². The molecule has 5 rings (SSSR count). The normalized spacial score (nSPS) is 17.8. The maximum Gasteiger partial charge on any atom is 0.275 e. The number of hydrogen-bond donors (Lipinski definition) is 1. The van der Waals surface area contributed by atoms with Crippen molar-refractivity contribution in [1.82, 2.24) is 19.8 Å². The van der Waals surface area contributed by atoms with Gasteiger partial charge in [0.05, 0.1) is 16.1 Å². The first-order chi connectivity index (χ1) is 14.6. The number of anilines is 1. The van der Waals surface area contributed by atoms with Crippen LogP contribution in [0.2, 0.25) is 0 Å². The molecule has 2 aromatic heterocycles. The van der Waals surface area contributed by atoms with Gasteiger partial charge in [0.15, 0.2) is 0 Å². The highest BCUT2D eigenvalue weighted by molar-refractivity contribution is 7.20. The lowest BCUT2D eigenvalue weighted by Gasteiger charge is -2.23. The van der Waals surface area contributed by atoms with Crippen LogP contribution in [0, 0.1) is 0 Å². The molecule has 1 aliphatic heterocycles. The molecule has 0 unspecified atom stereocenters. The summed E-state index contributed by atoms with van der Waals surface area (Å²) < 4.78 is 2.07. The van der Waals surface area contributed by atoms with Gasteiger partial charge < -0.3 is 15.1 Å². The van der Waals surface area contributed by atoms with Crippen LogP contribution < -0.4 is 15.8 Å². The Kier molecular flexibility index (Phi) is 5.04. The maximum atomic E-state index is 13.1. The number of carbonyl (C=O) groups excluding carboxylic acids is 1. The van der Waals surface area contributed by atoms with Gasteiger partial charge in [0, 0.05) is 31.4 Å². The van der Waals surface area contributed by atoms with E-state index in [1.807, 2.05) is 12.1 Å². The van der Waals surface area contributed by atoms with E-state index in [1.165, 1.54) is 17.0 Å². The Balaban J connectivity index is 1.40. The third kappa shape index (κ3) is 3.85. The minimum atomic E-state index is -0.139. The number of nitrogens with one attached hydrogen (secondary N) is 1. The van der Waals surface area contributed by atoms with Crippen LogP contribution in [0.4, 0.5) is 5.69 Å². The zero-order valence-corrected chi connectivity index (χ0v) is 17.8. The molecule has 0 bridgehead atoms. The molecule has 0 radical (unpaired) electrons. The van der Waals surface area contributed by atoms with E-state index in [1.54, 1.807) is 17.0 Å². The molecule has 2 aliphatic rings. The number of rotatable bonds is 4. The first kappa shape index (κ1) is 19.3. The number of hydrogen-bond acceptors (Lipinski definition) is 6. The fourth-order valence-electron chi connectivity index (χ4n) is 3.82. The van der Waals surface area contributed by atoms with Crippen molar-refractivity contribution in [1.29, 1.82) is 0 Å². The summed E-state index contributed by atoms with van der Waals surface area (Å²) in [6.45, 7) is 4.22. The standard InChI is InChI=1S/C22H25N5O2S/c1-25-9-2-10-26(12-11-25)16-5-7-17(8-6-16)27-14-23-18-13-19(30-20(18)22(27)29)21(28)24-15-3-4-15/h5-8,13-15H,2-4,9-12H2,1H3,(H,24,28). The molecule has 2 fully saturated rings. The molecular weight excluding hydrogens is 398 g/mol. The first-order valence-electron chi connectivity index (χ1n) is 10.4. The molecule has 3 heterocycles. The van der Waals surface area contributed by atoms with Gasteiger partial charge in [0.1, 0.15) is 11.0 Å². The zero-order chi connectivity index (χ0) is 20.7. The Morgan fingerprint density at radius 1 is 1.10 bits per heavy atom. The second kappa shape index (κ2) is 7.85. The van der Waals surface area contributed by atoms with E-state index >= 15 is 0 Å². The summed E-state index contributed by atoms with van der Waals surface area (Å²) in [5.74, 6) is -0.112. The minimum Gasteiger partial charge on any atom is -0.370 e. The van der Waals surface area contributed by atoms with E-state index in [0.717, 1.165) is 51.1 Å². The second-order valence-corrected chi connectivity index (χ2v) is 9.20. The Morgan fingerprint density at radius 2 is 1.87 bits per heavy atom. The highest BCUT2D eigenvalue weighted by atomic mass is 32.1. The molecule has 3 aromatic rings. The molecule has 0 atom stereocenters. The van der Waals surface area contributed by atoms with Gasteiger partial charge in [0.2, 0.25) is 0 Å². The molecule has 1 saturated heterocycles. The molecule has 1 saturated carbocycles. The van der Waals surface area contributed by atoms with Crippen LogP contribution in [0.3, 0.4) is 0 Å². The van der Waals surface area contributed by atoms with Crippen molar-refractivity contribution in [2.24, 2.45) is 0 Å². The van der Waals surface area contributed by atoms with Crippen molar-refractivity contribution in [3.8, 4) is 5.69 Å². The quantitative estimate of drug-likeness (QED) is 0.698. The Labute approximate surface area is 178 Å². The fraction of sp³-hybridized carbons (Fsp3) is 0.409. The van der Waals surface area contributed by atoms with Gasteiger partial charge in [-0.25, -0.2) is 4.98 Å². The Bertz CT molecular complexity index is 1130. The van der Waals surface area contributed by atoms with E-state index in [-0.39, 0.29) is 17.5 Å². The molecule has 8 heteroatoms. The molecular formula is C22H25N5O2S. The molecule has 1 amide bonds.